The van der Waals surface area contributed by atoms with Crippen molar-refractivity contribution < 1.29 is 28.6 Å². The predicted octanol–water partition coefficient (Wildman–Crippen LogP) is 21.4. The van der Waals surface area contributed by atoms with Gasteiger partial charge in [0.15, 0.2) is 6.10 Å². The Bertz CT molecular complexity index is 1520. The summed E-state index contributed by atoms with van der Waals surface area (Å²) in [6.45, 7) is 6.41. The van der Waals surface area contributed by atoms with E-state index in [1.54, 1.807) is 0 Å². The first-order valence-corrected chi connectivity index (χ1v) is 31.4. The van der Waals surface area contributed by atoms with E-state index in [1.807, 2.05) is 0 Å². The van der Waals surface area contributed by atoms with Crippen LogP contribution in [-0.4, -0.2) is 37.2 Å². The Hall–Kier alpha value is -3.93. The largest absolute Gasteiger partial charge is 0.462 e. The number of hydrogen-bond donors (Lipinski definition) is 0. The molecule has 0 aromatic rings. The van der Waals surface area contributed by atoms with Gasteiger partial charge in [-0.2, -0.15) is 0 Å². The van der Waals surface area contributed by atoms with E-state index in [1.165, 1.54) is 122 Å². The maximum absolute atomic E-state index is 12.9. The lowest BCUT2D eigenvalue weighted by Gasteiger charge is -2.18. The normalized spacial score (nSPS) is 12.8. The molecule has 428 valence electrons. The zero-order chi connectivity index (χ0) is 54.3. The second-order valence-electron chi connectivity index (χ2n) is 20.5. The molecule has 0 rings (SSSR count). The molecule has 0 spiro atoms. The molecule has 6 nitrogen and oxygen atoms in total. The third kappa shape index (κ3) is 60.8. The summed E-state index contributed by atoms with van der Waals surface area (Å²) in [5, 5.41) is 0. The van der Waals surface area contributed by atoms with Crippen molar-refractivity contribution in [1.29, 1.82) is 0 Å². The standard InChI is InChI=1S/C69H116O6/c1-4-7-10-13-16-19-22-25-28-30-31-32-33-34-35-36-37-39-41-44-47-50-53-56-59-62-68(71)74-65-66(64-73-67(70)61-58-55-52-49-46-43-40-27-24-21-18-15-12-9-6-3)75-69(72)63-60-57-54-51-48-45-42-38-29-26-23-20-17-14-11-8-5-2/h7-8,10-11,16-17,19-20,25-29,31-32,34-35,40,66H,4-6,9,12-15,18,21-24,30,33,36-39,41-65H2,1-3H3/b10-7-,11-8-,19-16-,20-17-,28-25-,29-26-,32-31-,35-34-,40-27-. The summed E-state index contributed by atoms with van der Waals surface area (Å²) in [5.74, 6) is -0.906. The van der Waals surface area contributed by atoms with Gasteiger partial charge in [0.2, 0.25) is 0 Å². The average molecular weight is 1040 g/mol. The van der Waals surface area contributed by atoms with Crippen LogP contribution >= 0.6 is 0 Å². The van der Waals surface area contributed by atoms with Crippen molar-refractivity contribution in [1.82, 2.24) is 0 Å². The number of allylic oxidation sites excluding steroid dienone is 18. The Labute approximate surface area is 463 Å². The topological polar surface area (TPSA) is 78.9 Å². The summed E-state index contributed by atoms with van der Waals surface area (Å²) in [5.41, 5.74) is 0. The molecule has 0 amide bonds. The summed E-state index contributed by atoms with van der Waals surface area (Å²) in [4.78, 5) is 38.3. The highest BCUT2D eigenvalue weighted by Gasteiger charge is 2.19. The summed E-state index contributed by atoms with van der Waals surface area (Å²) in [7, 11) is 0. The molecule has 75 heavy (non-hydrogen) atoms. The Morgan fingerprint density at radius 3 is 0.827 bits per heavy atom. The Morgan fingerprint density at radius 1 is 0.280 bits per heavy atom. The molecule has 1 unspecified atom stereocenters. The summed E-state index contributed by atoms with van der Waals surface area (Å²) >= 11 is 0. The van der Waals surface area contributed by atoms with Crippen LogP contribution < -0.4 is 0 Å². The van der Waals surface area contributed by atoms with Crippen molar-refractivity contribution in [3.63, 3.8) is 0 Å². The molecule has 6 heteroatoms. The molecule has 0 aromatic carbocycles. The van der Waals surface area contributed by atoms with Crippen LogP contribution in [0.15, 0.2) is 109 Å². The maximum Gasteiger partial charge on any atom is 0.306 e. The zero-order valence-corrected chi connectivity index (χ0v) is 49.0. The first kappa shape index (κ1) is 71.1. The molecule has 0 saturated heterocycles. The highest BCUT2D eigenvalue weighted by atomic mass is 16.6. The SMILES string of the molecule is CC/C=C\C/C=C\C/C=C\C/C=C\C/C=C\CCCCCCCCCCCC(=O)OCC(COC(=O)CCCCCCC/C=C\CCCCCCCC)OC(=O)CCCCCCCCC/C=C\C/C=C\C/C=C\CC. The molecule has 0 bridgehead atoms. The number of carbonyl (C=O) groups excluding carboxylic acids is 3. The first-order valence-electron chi connectivity index (χ1n) is 31.4. The fraction of sp³-hybridized carbons (Fsp3) is 0.696. The monoisotopic (exact) mass is 1040 g/mol. The minimum absolute atomic E-state index is 0.0884. The molecule has 1 atom stereocenters. The summed E-state index contributed by atoms with van der Waals surface area (Å²) in [6, 6.07) is 0. The van der Waals surface area contributed by atoms with Gasteiger partial charge in [0.1, 0.15) is 13.2 Å². The second kappa shape index (κ2) is 62.6. The third-order valence-corrected chi connectivity index (χ3v) is 13.2. The van der Waals surface area contributed by atoms with Gasteiger partial charge in [-0.1, -0.05) is 259 Å². The smallest absolute Gasteiger partial charge is 0.306 e. The molecule has 0 heterocycles. The van der Waals surface area contributed by atoms with Crippen LogP contribution in [0.4, 0.5) is 0 Å². The van der Waals surface area contributed by atoms with Crippen LogP contribution in [0.3, 0.4) is 0 Å². The first-order chi connectivity index (χ1) is 37.0. The van der Waals surface area contributed by atoms with Gasteiger partial charge in [0, 0.05) is 19.3 Å². The number of rotatable bonds is 56. The molecule has 0 saturated carbocycles. The highest BCUT2D eigenvalue weighted by molar-refractivity contribution is 5.71. The van der Waals surface area contributed by atoms with Crippen molar-refractivity contribution >= 4 is 17.9 Å². The van der Waals surface area contributed by atoms with Gasteiger partial charge in [-0.05, 0) is 122 Å². The van der Waals surface area contributed by atoms with Gasteiger partial charge in [0.05, 0.1) is 0 Å². The van der Waals surface area contributed by atoms with E-state index in [2.05, 4.69) is 130 Å². The lowest BCUT2D eigenvalue weighted by Crippen LogP contribution is -2.30. The van der Waals surface area contributed by atoms with E-state index >= 15 is 0 Å². The van der Waals surface area contributed by atoms with Crippen LogP contribution in [0, 0.1) is 0 Å². The molecular weight excluding hydrogens is 925 g/mol. The van der Waals surface area contributed by atoms with Gasteiger partial charge in [-0.25, -0.2) is 0 Å². The third-order valence-electron chi connectivity index (χ3n) is 13.2. The molecule has 0 aliphatic heterocycles. The Morgan fingerprint density at radius 2 is 0.520 bits per heavy atom. The number of unbranched alkanes of at least 4 members (excludes halogenated alkanes) is 27. The Balaban J connectivity index is 4.38. The van der Waals surface area contributed by atoms with Crippen molar-refractivity contribution in [2.45, 2.75) is 297 Å². The average Bonchev–Trinajstić information content (AvgIpc) is 3.41. The van der Waals surface area contributed by atoms with Crippen molar-refractivity contribution in [2.75, 3.05) is 13.2 Å². The van der Waals surface area contributed by atoms with E-state index in [0.29, 0.717) is 19.3 Å². The van der Waals surface area contributed by atoms with E-state index in [4.69, 9.17) is 14.2 Å². The number of ether oxygens (including phenoxy) is 3. The number of carbonyl (C=O) groups is 3. The lowest BCUT2D eigenvalue weighted by molar-refractivity contribution is -0.167. The molecule has 0 aromatic heterocycles. The molecule has 0 fully saturated rings. The number of hydrogen-bond acceptors (Lipinski definition) is 6. The van der Waals surface area contributed by atoms with E-state index in [9.17, 15) is 14.4 Å². The summed E-state index contributed by atoms with van der Waals surface area (Å²) in [6.07, 6.45) is 85.1. The van der Waals surface area contributed by atoms with Crippen LogP contribution in [0.5, 0.6) is 0 Å². The molecule has 0 N–H and O–H groups in total. The van der Waals surface area contributed by atoms with Crippen molar-refractivity contribution in [3.05, 3.63) is 109 Å². The van der Waals surface area contributed by atoms with Gasteiger partial charge in [-0.15, -0.1) is 0 Å². The zero-order valence-electron chi connectivity index (χ0n) is 49.0. The fourth-order valence-electron chi connectivity index (χ4n) is 8.60. The van der Waals surface area contributed by atoms with Gasteiger partial charge in [0.25, 0.3) is 0 Å². The van der Waals surface area contributed by atoms with Gasteiger partial charge in [-0.3, -0.25) is 14.4 Å². The fourth-order valence-corrected chi connectivity index (χ4v) is 8.60. The minimum atomic E-state index is -0.792. The molecule has 0 radical (unpaired) electrons. The quantitative estimate of drug-likeness (QED) is 0.0261. The van der Waals surface area contributed by atoms with Crippen LogP contribution in [0.25, 0.3) is 0 Å². The van der Waals surface area contributed by atoms with Crippen molar-refractivity contribution in [2.24, 2.45) is 0 Å². The predicted molar refractivity (Wildman–Crippen MR) is 325 cm³/mol. The minimum Gasteiger partial charge on any atom is -0.462 e. The van der Waals surface area contributed by atoms with E-state index in [0.717, 1.165) is 128 Å². The van der Waals surface area contributed by atoms with Crippen LogP contribution in [0.1, 0.15) is 290 Å². The lowest BCUT2D eigenvalue weighted by atomic mass is 10.1. The molecular formula is C69H116O6. The second-order valence-corrected chi connectivity index (χ2v) is 20.5. The van der Waals surface area contributed by atoms with E-state index < -0.39 is 6.10 Å². The van der Waals surface area contributed by atoms with Gasteiger partial charge >= 0.3 is 17.9 Å². The van der Waals surface area contributed by atoms with Crippen molar-refractivity contribution in [3.8, 4) is 0 Å². The van der Waals surface area contributed by atoms with Gasteiger partial charge < -0.3 is 14.2 Å². The van der Waals surface area contributed by atoms with Crippen LogP contribution in [0.2, 0.25) is 0 Å². The molecule has 0 aliphatic carbocycles. The van der Waals surface area contributed by atoms with E-state index in [-0.39, 0.29) is 31.1 Å². The highest BCUT2D eigenvalue weighted by Crippen LogP contribution is 2.15. The maximum atomic E-state index is 12.9. The number of esters is 3. The van der Waals surface area contributed by atoms with Crippen LogP contribution in [-0.2, 0) is 28.6 Å². The Kier molecular flexibility index (Phi) is 59.3. The summed E-state index contributed by atoms with van der Waals surface area (Å²) < 4.78 is 16.9. The molecule has 0 aliphatic rings.